The predicted octanol–water partition coefficient (Wildman–Crippen LogP) is 5.14. The number of rotatable bonds is 7. The summed E-state index contributed by atoms with van der Waals surface area (Å²) in [5.41, 5.74) is 10.7. The van der Waals surface area contributed by atoms with Gasteiger partial charge in [0.05, 0.1) is 23.2 Å². The third kappa shape index (κ3) is 6.37. The molecule has 0 radical (unpaired) electrons. The topological polar surface area (TPSA) is 117 Å². The lowest BCUT2D eigenvalue weighted by molar-refractivity contribution is -0.120. The van der Waals surface area contributed by atoms with E-state index in [9.17, 15) is 14.7 Å². The van der Waals surface area contributed by atoms with Crippen molar-refractivity contribution in [3.63, 3.8) is 0 Å². The van der Waals surface area contributed by atoms with Gasteiger partial charge in [-0.1, -0.05) is 54.6 Å². The van der Waals surface area contributed by atoms with Gasteiger partial charge in [0.2, 0.25) is 11.8 Å². The summed E-state index contributed by atoms with van der Waals surface area (Å²) in [4.78, 5) is 29.0. The number of carbonyl (C=O) groups excluding carboxylic acids is 2. The lowest BCUT2D eigenvalue weighted by Gasteiger charge is -2.49. The number of aliphatic hydroxyl groups is 1. The number of pyridine rings is 1. The summed E-state index contributed by atoms with van der Waals surface area (Å²) >= 11 is 0. The molecular weight excluding hydrogens is 488 g/mol. The minimum absolute atomic E-state index is 0.00760. The summed E-state index contributed by atoms with van der Waals surface area (Å²) in [6.07, 6.45) is 6.95. The Bertz CT molecular complexity index is 1320. The van der Waals surface area contributed by atoms with E-state index >= 15 is 0 Å². The number of amides is 2. The molecule has 7 heteroatoms. The van der Waals surface area contributed by atoms with Gasteiger partial charge < -0.3 is 21.5 Å². The lowest BCUT2D eigenvalue weighted by atomic mass is 9.63. The smallest absolute Gasteiger partial charge is 0.224 e. The van der Waals surface area contributed by atoms with Crippen LogP contribution >= 0.6 is 0 Å². The highest BCUT2D eigenvalue weighted by Gasteiger charge is 2.49. The second-order valence-corrected chi connectivity index (χ2v) is 11.7. The van der Waals surface area contributed by atoms with Gasteiger partial charge in [0.1, 0.15) is 0 Å². The van der Waals surface area contributed by atoms with Gasteiger partial charge in [-0.15, -0.1) is 0 Å². The van der Waals surface area contributed by atoms with Crippen molar-refractivity contribution in [2.75, 3.05) is 5.32 Å². The van der Waals surface area contributed by atoms with Crippen LogP contribution in [0.15, 0.2) is 66.9 Å². The fourth-order valence-corrected chi connectivity index (χ4v) is 6.35. The van der Waals surface area contributed by atoms with Gasteiger partial charge >= 0.3 is 0 Å². The Balaban J connectivity index is 1.31. The van der Waals surface area contributed by atoms with Gasteiger partial charge in [0.25, 0.3) is 0 Å². The fraction of sp³-hybridized carbons (Fsp3) is 0.406. The Morgan fingerprint density at radius 3 is 2.28 bits per heavy atom. The van der Waals surface area contributed by atoms with E-state index in [2.05, 4.69) is 10.6 Å². The molecule has 5 rings (SSSR count). The van der Waals surface area contributed by atoms with Crippen LogP contribution < -0.4 is 16.4 Å². The first-order valence-electron chi connectivity index (χ1n) is 13.8. The first-order chi connectivity index (χ1) is 18.6. The Kier molecular flexibility index (Phi) is 7.56. The highest BCUT2D eigenvalue weighted by Crippen LogP contribution is 2.46. The monoisotopic (exact) mass is 526 g/mol. The zero-order chi connectivity index (χ0) is 27.6. The molecule has 0 unspecified atom stereocenters. The molecule has 0 spiro atoms. The third-order valence-electron chi connectivity index (χ3n) is 8.11. The molecule has 2 fully saturated rings. The summed E-state index contributed by atoms with van der Waals surface area (Å²) in [6, 6.07) is 20.4. The van der Waals surface area contributed by atoms with Crippen LogP contribution in [-0.4, -0.2) is 33.5 Å². The van der Waals surface area contributed by atoms with Crippen LogP contribution in [0.5, 0.6) is 0 Å². The van der Waals surface area contributed by atoms with Crippen molar-refractivity contribution < 1.29 is 14.7 Å². The minimum Gasteiger partial charge on any atom is -0.390 e. The summed E-state index contributed by atoms with van der Waals surface area (Å²) in [5.74, 6) is 0.313. The number of anilines is 1. The SMILES string of the molecule is CC(=O)NC1CCC(CC(=O)Nc2cnc(-c3ccc([C@]4(N)C[C@](C)(O)C4)cc3)c(-c3ccccc3)c2)CC1. The lowest BCUT2D eigenvalue weighted by Crippen LogP contribution is -2.58. The van der Waals surface area contributed by atoms with E-state index in [1.54, 1.807) is 13.1 Å². The van der Waals surface area contributed by atoms with Crippen LogP contribution in [0.3, 0.4) is 0 Å². The number of hydrogen-bond donors (Lipinski definition) is 4. The van der Waals surface area contributed by atoms with Crippen LogP contribution in [0.1, 0.15) is 64.4 Å². The molecule has 2 aliphatic rings. The highest BCUT2D eigenvalue weighted by atomic mass is 16.3. The van der Waals surface area contributed by atoms with Crippen LogP contribution in [0.4, 0.5) is 5.69 Å². The van der Waals surface area contributed by atoms with E-state index in [-0.39, 0.29) is 17.9 Å². The first kappa shape index (κ1) is 27.0. The number of nitrogens with two attached hydrogens (primary N) is 1. The van der Waals surface area contributed by atoms with Crippen molar-refractivity contribution in [3.05, 3.63) is 72.4 Å². The zero-order valence-electron chi connectivity index (χ0n) is 22.7. The van der Waals surface area contributed by atoms with Crippen molar-refractivity contribution in [2.45, 2.75) is 76.0 Å². The van der Waals surface area contributed by atoms with E-state index in [0.717, 1.165) is 53.6 Å². The maximum absolute atomic E-state index is 12.9. The molecule has 204 valence electrons. The predicted molar refractivity (Wildman–Crippen MR) is 154 cm³/mol. The first-order valence-corrected chi connectivity index (χ1v) is 13.8. The molecular formula is C32H38N4O3. The van der Waals surface area contributed by atoms with Crippen LogP contribution in [0.2, 0.25) is 0 Å². The second kappa shape index (κ2) is 10.9. The number of nitrogens with zero attached hydrogens (tertiary/aromatic N) is 1. The molecule has 3 aromatic rings. The van der Waals surface area contributed by atoms with E-state index in [4.69, 9.17) is 10.7 Å². The number of benzene rings is 2. The van der Waals surface area contributed by atoms with Crippen LogP contribution in [0, 0.1) is 5.92 Å². The van der Waals surface area contributed by atoms with Gasteiger partial charge in [0.15, 0.2) is 0 Å². The molecule has 2 amide bonds. The average molecular weight is 527 g/mol. The molecule has 0 bridgehead atoms. The molecule has 39 heavy (non-hydrogen) atoms. The van der Waals surface area contributed by atoms with Crippen molar-refractivity contribution in [1.82, 2.24) is 10.3 Å². The second-order valence-electron chi connectivity index (χ2n) is 11.7. The molecule has 5 N–H and O–H groups in total. The van der Waals surface area contributed by atoms with Crippen molar-refractivity contribution in [2.24, 2.45) is 11.7 Å². The maximum Gasteiger partial charge on any atom is 0.224 e. The Labute approximate surface area is 230 Å². The molecule has 2 aliphatic carbocycles. The van der Waals surface area contributed by atoms with Gasteiger partial charge in [-0.25, -0.2) is 0 Å². The van der Waals surface area contributed by atoms with E-state index in [1.165, 1.54) is 0 Å². The molecule has 7 nitrogen and oxygen atoms in total. The minimum atomic E-state index is -0.707. The van der Waals surface area contributed by atoms with E-state index in [0.29, 0.717) is 30.9 Å². The normalized spacial score (nSPS) is 26.4. The van der Waals surface area contributed by atoms with Crippen molar-refractivity contribution in [3.8, 4) is 22.4 Å². The number of carbonyl (C=O) groups is 2. The molecule has 1 aromatic heterocycles. The van der Waals surface area contributed by atoms with Gasteiger partial charge in [-0.05, 0) is 68.6 Å². The van der Waals surface area contributed by atoms with E-state index in [1.807, 2.05) is 67.6 Å². The molecule has 2 aromatic carbocycles. The van der Waals surface area contributed by atoms with Crippen molar-refractivity contribution >= 4 is 17.5 Å². The average Bonchev–Trinajstić information content (AvgIpc) is 2.89. The largest absolute Gasteiger partial charge is 0.390 e. The third-order valence-corrected chi connectivity index (χ3v) is 8.11. The van der Waals surface area contributed by atoms with Crippen LogP contribution in [-0.2, 0) is 15.1 Å². The maximum atomic E-state index is 12.9. The van der Waals surface area contributed by atoms with Gasteiger partial charge in [-0.3, -0.25) is 14.6 Å². The number of hydrogen-bond acceptors (Lipinski definition) is 5. The highest BCUT2D eigenvalue weighted by molar-refractivity contribution is 5.93. The molecule has 0 saturated heterocycles. The summed E-state index contributed by atoms with van der Waals surface area (Å²) in [6.45, 7) is 3.37. The van der Waals surface area contributed by atoms with Gasteiger partial charge in [-0.2, -0.15) is 0 Å². The number of nitrogens with one attached hydrogen (secondary N) is 2. The van der Waals surface area contributed by atoms with Crippen molar-refractivity contribution in [1.29, 1.82) is 0 Å². The fourth-order valence-electron chi connectivity index (χ4n) is 6.35. The summed E-state index contributed by atoms with van der Waals surface area (Å²) in [7, 11) is 0. The van der Waals surface area contributed by atoms with Crippen LogP contribution in [0.25, 0.3) is 22.4 Å². The standard InChI is InChI=1S/C32H38N4O3/c1-21(37)35-26-14-8-22(9-15-26)16-29(38)36-27-17-28(23-6-4-3-5-7-23)30(34-18-27)24-10-12-25(13-11-24)32(33)19-31(2,39)20-32/h3-7,10-13,17-18,22,26,39H,8-9,14-16,19-20,33H2,1-2H3,(H,35,37)(H,36,38)/t22?,26?,31-,32-. The molecule has 0 aliphatic heterocycles. The zero-order valence-corrected chi connectivity index (χ0v) is 22.7. The molecule has 2 saturated carbocycles. The number of aromatic nitrogens is 1. The van der Waals surface area contributed by atoms with Gasteiger partial charge in [0, 0.05) is 36.1 Å². The van der Waals surface area contributed by atoms with E-state index < -0.39 is 11.1 Å². The Morgan fingerprint density at radius 2 is 1.67 bits per heavy atom. The Morgan fingerprint density at radius 1 is 1.00 bits per heavy atom. The summed E-state index contributed by atoms with van der Waals surface area (Å²) in [5, 5.41) is 16.2. The Hall–Kier alpha value is -3.55. The molecule has 0 atom stereocenters. The quantitative estimate of drug-likeness (QED) is 0.340. The summed E-state index contributed by atoms with van der Waals surface area (Å²) < 4.78 is 0. The molecule has 1 heterocycles.